The van der Waals surface area contributed by atoms with E-state index in [0.29, 0.717) is 12.1 Å². The molecule has 0 saturated heterocycles. The van der Waals surface area contributed by atoms with Crippen LogP contribution in [0.5, 0.6) is 0 Å². The Labute approximate surface area is 82.7 Å². The molecule has 0 aliphatic heterocycles. The zero-order valence-corrected chi connectivity index (χ0v) is 9.51. The number of likely N-dealkylation sites (N-methyl/N-ethyl adjacent to an activating group) is 2. The minimum absolute atomic E-state index is 0.642. The molecule has 2 atom stereocenters. The van der Waals surface area contributed by atoms with Gasteiger partial charge in [0.15, 0.2) is 0 Å². The molecule has 0 bridgehead atoms. The maximum atomic E-state index is 3.38. The molecule has 13 heavy (non-hydrogen) atoms. The zero-order chi connectivity index (χ0) is 9.84. The van der Waals surface area contributed by atoms with Crippen molar-refractivity contribution in [2.24, 2.45) is 5.92 Å². The fourth-order valence-electron chi connectivity index (χ4n) is 1.97. The van der Waals surface area contributed by atoms with Crippen LogP contribution in [0.2, 0.25) is 0 Å². The maximum absolute atomic E-state index is 3.38. The topological polar surface area (TPSA) is 15.3 Å². The molecule has 1 N–H and O–H groups in total. The van der Waals surface area contributed by atoms with E-state index in [0.717, 1.165) is 5.92 Å². The van der Waals surface area contributed by atoms with Crippen molar-refractivity contribution in [1.82, 2.24) is 10.2 Å². The second-order valence-corrected chi connectivity index (χ2v) is 4.43. The van der Waals surface area contributed by atoms with E-state index in [9.17, 15) is 0 Å². The van der Waals surface area contributed by atoms with E-state index in [1.165, 1.54) is 25.8 Å². The molecule has 2 nitrogen and oxygen atoms in total. The van der Waals surface area contributed by atoms with Crippen LogP contribution in [0.15, 0.2) is 0 Å². The molecule has 0 radical (unpaired) electrons. The van der Waals surface area contributed by atoms with Gasteiger partial charge in [-0.1, -0.05) is 6.92 Å². The molecule has 1 aliphatic carbocycles. The van der Waals surface area contributed by atoms with Crippen LogP contribution in [-0.2, 0) is 0 Å². The Morgan fingerprint density at radius 2 is 2.08 bits per heavy atom. The third-order valence-corrected chi connectivity index (χ3v) is 3.33. The lowest BCUT2D eigenvalue weighted by molar-refractivity contribution is 0.200. The molecule has 1 saturated carbocycles. The van der Waals surface area contributed by atoms with E-state index in [1.54, 1.807) is 0 Å². The van der Waals surface area contributed by atoms with Gasteiger partial charge < -0.3 is 10.2 Å². The number of nitrogens with zero attached hydrogens (tertiary/aromatic N) is 1. The number of hydrogen-bond donors (Lipinski definition) is 1. The third kappa shape index (κ3) is 3.28. The second kappa shape index (κ2) is 4.97. The first-order valence-electron chi connectivity index (χ1n) is 5.56. The first-order chi connectivity index (χ1) is 6.19. The summed E-state index contributed by atoms with van der Waals surface area (Å²) in [7, 11) is 4.32. The first kappa shape index (κ1) is 11.0. The van der Waals surface area contributed by atoms with Crippen molar-refractivity contribution >= 4 is 0 Å². The molecular weight excluding hydrogens is 160 g/mol. The molecule has 2 unspecified atom stereocenters. The number of rotatable bonds is 6. The molecule has 78 valence electrons. The van der Waals surface area contributed by atoms with Gasteiger partial charge >= 0.3 is 0 Å². The molecule has 2 heteroatoms. The molecule has 0 amide bonds. The molecular formula is C11H24N2. The highest BCUT2D eigenvalue weighted by Gasteiger charge is 2.26. The van der Waals surface area contributed by atoms with Gasteiger partial charge in [-0.2, -0.15) is 0 Å². The Bertz CT molecular complexity index is 139. The molecule has 0 aromatic heterocycles. The summed E-state index contributed by atoms with van der Waals surface area (Å²) < 4.78 is 0. The quantitative estimate of drug-likeness (QED) is 0.676. The van der Waals surface area contributed by atoms with Gasteiger partial charge in [0.05, 0.1) is 0 Å². The summed E-state index contributed by atoms with van der Waals surface area (Å²) in [5.74, 6) is 1.00. The number of hydrogen-bond acceptors (Lipinski definition) is 2. The van der Waals surface area contributed by atoms with Crippen molar-refractivity contribution in [2.75, 3.05) is 20.6 Å². The van der Waals surface area contributed by atoms with Crippen LogP contribution in [0, 0.1) is 5.92 Å². The van der Waals surface area contributed by atoms with Crippen LogP contribution in [0.25, 0.3) is 0 Å². The van der Waals surface area contributed by atoms with Gasteiger partial charge in [0.2, 0.25) is 0 Å². The molecule has 1 fully saturated rings. The standard InChI is InChI=1S/C11H24N2/c1-5-11(12-3)9(2)13(4)8-10-6-7-10/h9-12H,5-8H2,1-4H3. The third-order valence-electron chi connectivity index (χ3n) is 3.33. The van der Waals surface area contributed by atoms with Gasteiger partial charge in [-0.25, -0.2) is 0 Å². The Hall–Kier alpha value is -0.0800. The summed E-state index contributed by atoms with van der Waals surface area (Å²) in [5, 5.41) is 3.38. The maximum Gasteiger partial charge on any atom is 0.0217 e. The average molecular weight is 184 g/mol. The summed E-state index contributed by atoms with van der Waals surface area (Å²) in [4.78, 5) is 2.50. The van der Waals surface area contributed by atoms with E-state index in [2.05, 4.69) is 38.2 Å². The van der Waals surface area contributed by atoms with E-state index in [4.69, 9.17) is 0 Å². The van der Waals surface area contributed by atoms with E-state index < -0.39 is 0 Å². The summed E-state index contributed by atoms with van der Waals surface area (Å²) in [6.07, 6.45) is 4.12. The van der Waals surface area contributed by atoms with Crippen LogP contribution < -0.4 is 5.32 Å². The second-order valence-electron chi connectivity index (χ2n) is 4.43. The van der Waals surface area contributed by atoms with Crippen molar-refractivity contribution < 1.29 is 0 Å². The predicted octanol–water partition coefficient (Wildman–Crippen LogP) is 1.71. The van der Waals surface area contributed by atoms with Gasteiger partial charge in [0, 0.05) is 18.6 Å². The first-order valence-corrected chi connectivity index (χ1v) is 5.56. The Morgan fingerprint density at radius 3 is 2.46 bits per heavy atom. The summed E-state index contributed by atoms with van der Waals surface area (Å²) in [6, 6.07) is 1.30. The largest absolute Gasteiger partial charge is 0.315 e. The Morgan fingerprint density at radius 1 is 1.46 bits per heavy atom. The molecule has 0 spiro atoms. The van der Waals surface area contributed by atoms with Gasteiger partial charge in [0.1, 0.15) is 0 Å². The SMILES string of the molecule is CCC(NC)C(C)N(C)CC1CC1. The van der Waals surface area contributed by atoms with Crippen molar-refractivity contribution in [3.05, 3.63) is 0 Å². The van der Waals surface area contributed by atoms with Crippen LogP contribution >= 0.6 is 0 Å². The fraction of sp³-hybridized carbons (Fsp3) is 1.00. The molecule has 1 aliphatic rings. The molecule has 0 aromatic rings. The molecule has 0 aromatic carbocycles. The smallest absolute Gasteiger partial charge is 0.0217 e. The summed E-state index contributed by atoms with van der Waals surface area (Å²) in [6.45, 7) is 5.87. The molecule has 0 heterocycles. The van der Waals surface area contributed by atoms with Crippen LogP contribution in [0.1, 0.15) is 33.1 Å². The lowest BCUT2D eigenvalue weighted by Gasteiger charge is -2.31. The Balaban J connectivity index is 2.29. The minimum Gasteiger partial charge on any atom is -0.315 e. The van der Waals surface area contributed by atoms with Crippen molar-refractivity contribution in [3.8, 4) is 0 Å². The van der Waals surface area contributed by atoms with Gasteiger partial charge in [0.25, 0.3) is 0 Å². The van der Waals surface area contributed by atoms with Crippen LogP contribution in [0.3, 0.4) is 0 Å². The van der Waals surface area contributed by atoms with Gasteiger partial charge in [-0.05, 0) is 46.2 Å². The van der Waals surface area contributed by atoms with Gasteiger partial charge in [-0.15, -0.1) is 0 Å². The summed E-state index contributed by atoms with van der Waals surface area (Å²) >= 11 is 0. The molecule has 1 rings (SSSR count). The van der Waals surface area contributed by atoms with Gasteiger partial charge in [-0.3, -0.25) is 0 Å². The normalized spacial score (nSPS) is 21.9. The minimum atomic E-state index is 0.642. The summed E-state index contributed by atoms with van der Waals surface area (Å²) in [5.41, 5.74) is 0. The lowest BCUT2D eigenvalue weighted by Crippen LogP contribution is -2.45. The van der Waals surface area contributed by atoms with Crippen molar-refractivity contribution in [3.63, 3.8) is 0 Å². The fourth-order valence-corrected chi connectivity index (χ4v) is 1.97. The van der Waals surface area contributed by atoms with Crippen LogP contribution in [0.4, 0.5) is 0 Å². The average Bonchev–Trinajstić information content (AvgIpc) is 2.90. The highest BCUT2D eigenvalue weighted by Crippen LogP contribution is 2.30. The van der Waals surface area contributed by atoms with E-state index in [-0.39, 0.29) is 0 Å². The highest BCUT2D eigenvalue weighted by molar-refractivity contribution is 4.82. The lowest BCUT2D eigenvalue weighted by atomic mass is 10.1. The Kier molecular flexibility index (Phi) is 4.20. The predicted molar refractivity (Wildman–Crippen MR) is 58.0 cm³/mol. The number of nitrogens with one attached hydrogen (secondary N) is 1. The van der Waals surface area contributed by atoms with Crippen molar-refractivity contribution in [1.29, 1.82) is 0 Å². The van der Waals surface area contributed by atoms with Crippen molar-refractivity contribution in [2.45, 2.75) is 45.2 Å². The van der Waals surface area contributed by atoms with E-state index >= 15 is 0 Å². The van der Waals surface area contributed by atoms with E-state index in [1.807, 2.05) is 0 Å². The van der Waals surface area contributed by atoms with Crippen LogP contribution in [-0.4, -0.2) is 37.6 Å². The zero-order valence-electron chi connectivity index (χ0n) is 9.51. The monoisotopic (exact) mass is 184 g/mol. The highest BCUT2D eigenvalue weighted by atomic mass is 15.2.